The highest BCUT2D eigenvalue weighted by atomic mass is 16.4. The van der Waals surface area contributed by atoms with Crippen molar-refractivity contribution in [1.29, 1.82) is 0 Å². The molecule has 0 saturated heterocycles. The maximum Gasteiger partial charge on any atom is 0.335 e. The van der Waals surface area contributed by atoms with E-state index < -0.39 is 18.0 Å². The number of carboxylic acid groups (broad SMARTS) is 2. The number of amides is 1. The highest BCUT2D eigenvalue weighted by Gasteiger charge is 2.32. The molecule has 1 aromatic rings. The summed E-state index contributed by atoms with van der Waals surface area (Å²) in [7, 11) is 0. The van der Waals surface area contributed by atoms with E-state index in [1.54, 1.807) is 12.1 Å². The second kappa shape index (κ2) is 5.73. The first-order chi connectivity index (χ1) is 9.47. The molecule has 2 rings (SSSR count). The summed E-state index contributed by atoms with van der Waals surface area (Å²) in [5.41, 5.74) is 0.807. The van der Waals surface area contributed by atoms with Crippen LogP contribution >= 0.6 is 0 Å². The minimum atomic E-state index is -1.10. The van der Waals surface area contributed by atoms with Gasteiger partial charge in [-0.1, -0.05) is 12.1 Å². The van der Waals surface area contributed by atoms with Gasteiger partial charge in [-0.2, -0.15) is 0 Å². The van der Waals surface area contributed by atoms with E-state index >= 15 is 0 Å². The Hall–Kier alpha value is -2.37. The average Bonchev–Trinajstić information content (AvgIpc) is 3.22. The quantitative estimate of drug-likeness (QED) is 0.717. The van der Waals surface area contributed by atoms with Gasteiger partial charge in [-0.15, -0.1) is 0 Å². The fraction of sp³-hybridized carbons (Fsp3) is 0.357. The van der Waals surface area contributed by atoms with Crippen LogP contribution in [0.2, 0.25) is 0 Å². The Morgan fingerprint density at radius 3 is 2.20 bits per heavy atom. The lowest BCUT2D eigenvalue weighted by atomic mass is 10.0. The van der Waals surface area contributed by atoms with E-state index in [0.29, 0.717) is 5.56 Å². The smallest absolute Gasteiger partial charge is 0.335 e. The summed E-state index contributed by atoms with van der Waals surface area (Å²) < 4.78 is 0. The second-order valence-electron chi connectivity index (χ2n) is 4.88. The third-order valence-electron chi connectivity index (χ3n) is 3.20. The third kappa shape index (κ3) is 3.57. The summed E-state index contributed by atoms with van der Waals surface area (Å²) >= 11 is 0. The van der Waals surface area contributed by atoms with Gasteiger partial charge in [-0.3, -0.25) is 4.79 Å². The van der Waals surface area contributed by atoms with Crippen molar-refractivity contribution in [2.45, 2.75) is 25.3 Å². The lowest BCUT2D eigenvalue weighted by Crippen LogP contribution is -2.43. The summed E-state index contributed by atoms with van der Waals surface area (Å²) in [6.45, 7) is 0. The van der Waals surface area contributed by atoms with Crippen molar-refractivity contribution in [2.75, 3.05) is 0 Å². The molecule has 0 unspecified atom stereocenters. The van der Waals surface area contributed by atoms with Crippen LogP contribution in [0.5, 0.6) is 0 Å². The van der Waals surface area contributed by atoms with Crippen molar-refractivity contribution in [3.63, 3.8) is 0 Å². The molecule has 6 nitrogen and oxygen atoms in total. The first-order valence-corrected chi connectivity index (χ1v) is 6.33. The number of hydrogen-bond acceptors (Lipinski definition) is 3. The minimum Gasteiger partial charge on any atom is -0.480 e. The zero-order valence-electron chi connectivity index (χ0n) is 10.7. The summed E-state index contributed by atoms with van der Waals surface area (Å²) in [4.78, 5) is 33.5. The van der Waals surface area contributed by atoms with Gasteiger partial charge in [-0.05, 0) is 30.5 Å². The van der Waals surface area contributed by atoms with Gasteiger partial charge in [0.05, 0.1) is 5.56 Å². The number of aromatic carboxylic acids is 1. The average molecular weight is 277 g/mol. The van der Waals surface area contributed by atoms with Gasteiger partial charge in [0, 0.05) is 12.3 Å². The van der Waals surface area contributed by atoms with Crippen LogP contribution in [-0.2, 0) is 16.0 Å². The van der Waals surface area contributed by atoms with Crippen LogP contribution in [0.1, 0.15) is 28.8 Å². The standard InChI is InChI=1S/C14H15NO5/c16-12(9-5-6-9)15-11(14(19)20)7-8-1-3-10(4-2-8)13(17)18/h1-4,9,11H,5-7H2,(H,15,16)(H,17,18)(H,19,20)/t11-/m0/s1. The van der Waals surface area contributed by atoms with Crippen LogP contribution < -0.4 is 5.32 Å². The maximum atomic E-state index is 11.6. The molecule has 1 amide bonds. The molecular weight excluding hydrogens is 262 g/mol. The van der Waals surface area contributed by atoms with E-state index in [2.05, 4.69) is 5.32 Å². The number of carbonyl (C=O) groups excluding carboxylic acids is 1. The molecule has 0 aromatic heterocycles. The van der Waals surface area contributed by atoms with Gasteiger partial charge in [0.25, 0.3) is 0 Å². The van der Waals surface area contributed by atoms with E-state index in [0.717, 1.165) is 12.8 Å². The van der Waals surface area contributed by atoms with Crippen molar-refractivity contribution < 1.29 is 24.6 Å². The Morgan fingerprint density at radius 2 is 1.75 bits per heavy atom. The van der Waals surface area contributed by atoms with Crippen molar-refractivity contribution in [3.8, 4) is 0 Å². The Kier molecular flexibility index (Phi) is 4.02. The van der Waals surface area contributed by atoms with Crippen LogP contribution in [0.15, 0.2) is 24.3 Å². The number of carboxylic acids is 2. The normalized spacial score (nSPS) is 15.4. The van der Waals surface area contributed by atoms with Crippen molar-refractivity contribution in [1.82, 2.24) is 5.32 Å². The molecule has 0 radical (unpaired) electrons. The second-order valence-corrected chi connectivity index (χ2v) is 4.88. The van der Waals surface area contributed by atoms with Crippen molar-refractivity contribution in [3.05, 3.63) is 35.4 Å². The highest BCUT2D eigenvalue weighted by molar-refractivity contribution is 5.88. The molecule has 1 fully saturated rings. The van der Waals surface area contributed by atoms with Crippen molar-refractivity contribution in [2.24, 2.45) is 5.92 Å². The Morgan fingerprint density at radius 1 is 1.15 bits per heavy atom. The summed E-state index contributed by atoms with van der Waals surface area (Å²) in [5.74, 6) is -2.40. The van der Waals surface area contributed by atoms with Gasteiger partial charge in [0.15, 0.2) is 0 Å². The number of hydrogen-bond donors (Lipinski definition) is 3. The molecule has 1 aromatic carbocycles. The zero-order valence-corrected chi connectivity index (χ0v) is 10.7. The summed E-state index contributed by atoms with van der Waals surface area (Å²) in [5, 5.41) is 20.4. The molecule has 6 heteroatoms. The first kappa shape index (κ1) is 14.0. The lowest BCUT2D eigenvalue weighted by Gasteiger charge is -2.14. The van der Waals surface area contributed by atoms with E-state index in [-0.39, 0.29) is 23.8 Å². The predicted octanol–water partition coefficient (Wildman–Crippen LogP) is 0.907. The van der Waals surface area contributed by atoms with E-state index in [1.807, 2.05) is 0 Å². The Bertz CT molecular complexity index is 533. The molecule has 0 bridgehead atoms. The number of carbonyl (C=O) groups is 3. The first-order valence-electron chi connectivity index (χ1n) is 6.33. The van der Waals surface area contributed by atoms with Crippen LogP contribution in [0.3, 0.4) is 0 Å². The minimum absolute atomic E-state index is 0.0498. The molecule has 106 valence electrons. The summed E-state index contributed by atoms with van der Waals surface area (Å²) in [6.07, 6.45) is 1.75. The Balaban J connectivity index is 2.01. The van der Waals surface area contributed by atoms with E-state index in [9.17, 15) is 14.4 Å². The number of nitrogens with one attached hydrogen (secondary N) is 1. The van der Waals surface area contributed by atoms with E-state index in [4.69, 9.17) is 10.2 Å². The van der Waals surface area contributed by atoms with Gasteiger partial charge in [0.2, 0.25) is 5.91 Å². The number of aliphatic carboxylic acids is 1. The van der Waals surface area contributed by atoms with Gasteiger partial charge in [-0.25, -0.2) is 9.59 Å². The number of benzene rings is 1. The highest BCUT2D eigenvalue weighted by Crippen LogP contribution is 2.29. The Labute approximate surface area is 115 Å². The monoisotopic (exact) mass is 277 g/mol. The molecular formula is C14H15NO5. The molecule has 1 atom stereocenters. The number of rotatable bonds is 6. The maximum absolute atomic E-state index is 11.6. The van der Waals surface area contributed by atoms with Crippen LogP contribution in [-0.4, -0.2) is 34.1 Å². The fourth-order valence-electron chi connectivity index (χ4n) is 1.85. The lowest BCUT2D eigenvalue weighted by molar-refractivity contribution is -0.142. The topological polar surface area (TPSA) is 104 Å². The van der Waals surface area contributed by atoms with Crippen LogP contribution in [0.25, 0.3) is 0 Å². The SMILES string of the molecule is O=C(O)c1ccc(C[C@H](NC(=O)C2CC2)C(=O)O)cc1. The molecule has 3 N–H and O–H groups in total. The molecule has 1 aliphatic rings. The molecule has 0 heterocycles. The fourth-order valence-corrected chi connectivity index (χ4v) is 1.85. The van der Waals surface area contributed by atoms with Gasteiger partial charge >= 0.3 is 11.9 Å². The molecule has 1 saturated carbocycles. The van der Waals surface area contributed by atoms with E-state index in [1.165, 1.54) is 12.1 Å². The van der Waals surface area contributed by atoms with Crippen LogP contribution in [0.4, 0.5) is 0 Å². The van der Waals surface area contributed by atoms with Gasteiger partial charge < -0.3 is 15.5 Å². The van der Waals surface area contributed by atoms with Crippen LogP contribution in [0, 0.1) is 5.92 Å². The van der Waals surface area contributed by atoms with Gasteiger partial charge in [0.1, 0.15) is 6.04 Å². The largest absolute Gasteiger partial charge is 0.480 e. The molecule has 1 aliphatic carbocycles. The summed E-state index contributed by atoms with van der Waals surface area (Å²) in [6, 6.07) is 4.96. The predicted molar refractivity (Wildman–Crippen MR) is 69.4 cm³/mol. The van der Waals surface area contributed by atoms with Crippen molar-refractivity contribution >= 4 is 17.8 Å². The molecule has 0 spiro atoms. The molecule has 20 heavy (non-hydrogen) atoms. The third-order valence-corrected chi connectivity index (χ3v) is 3.20. The zero-order chi connectivity index (χ0) is 14.7. The molecule has 0 aliphatic heterocycles.